The van der Waals surface area contributed by atoms with Crippen LogP contribution >= 0.6 is 7.82 Å². The summed E-state index contributed by atoms with van der Waals surface area (Å²) in [5.41, 5.74) is 1.68. The summed E-state index contributed by atoms with van der Waals surface area (Å²) in [6.07, 6.45) is 10.7. The van der Waals surface area contributed by atoms with Crippen LogP contribution in [0, 0.1) is 6.08 Å². The fourth-order valence-electron chi connectivity index (χ4n) is 1.80. The Labute approximate surface area is 141 Å². The van der Waals surface area contributed by atoms with Crippen LogP contribution in [0.25, 0.3) is 5.57 Å². The molecule has 6 heteroatoms. The lowest BCUT2D eigenvalue weighted by atomic mass is 10.0. The lowest BCUT2D eigenvalue weighted by molar-refractivity contribution is 0.180. The molecule has 0 radical (unpaired) electrons. The Morgan fingerprint density at radius 2 is 1.71 bits per heavy atom. The molecule has 5 nitrogen and oxygen atoms in total. The zero-order chi connectivity index (χ0) is 17.4. The SMILES string of the molecule is C=CCOP(=O)(OCC=C)Oc1ccc(C2=[C+]C=C(O)C=C2)cc1. The van der Waals surface area contributed by atoms with Crippen molar-refractivity contribution in [3.63, 3.8) is 0 Å². The number of phosphoric ester groups is 1. The second kappa shape index (κ2) is 8.44. The average molecular weight is 345 g/mol. The molecule has 1 aliphatic rings. The standard InChI is InChI=1S/C18H17O5P/c1-3-13-21-24(20,22-14-4-2)23-18-11-7-16(8-12-18)15-5-9-17(19)10-6-15/h3-5,7-12H,1-2,13-14H2/p+1. The van der Waals surface area contributed by atoms with Crippen LogP contribution in [-0.4, -0.2) is 18.3 Å². The van der Waals surface area contributed by atoms with Crippen molar-refractivity contribution in [2.75, 3.05) is 13.2 Å². The summed E-state index contributed by atoms with van der Waals surface area (Å²) in [7, 11) is -3.75. The molecule has 0 aromatic heterocycles. The first-order valence-corrected chi connectivity index (χ1v) is 8.64. The fourth-order valence-corrected chi connectivity index (χ4v) is 2.93. The number of hydrogen-bond donors (Lipinski definition) is 1. The van der Waals surface area contributed by atoms with Crippen molar-refractivity contribution in [3.05, 3.63) is 85.2 Å². The Morgan fingerprint density at radius 1 is 1.08 bits per heavy atom. The summed E-state index contributed by atoms with van der Waals surface area (Å²) in [4.78, 5) is 0. The van der Waals surface area contributed by atoms with Crippen LogP contribution in [-0.2, 0) is 13.6 Å². The smallest absolute Gasteiger partial charge is 0.463 e. The molecule has 0 amide bonds. The van der Waals surface area contributed by atoms with E-state index >= 15 is 0 Å². The summed E-state index contributed by atoms with van der Waals surface area (Å²) >= 11 is 0. The lowest BCUT2D eigenvalue weighted by Gasteiger charge is -2.17. The second-order valence-corrected chi connectivity index (χ2v) is 6.29. The Kier molecular flexibility index (Phi) is 6.30. The average Bonchev–Trinajstić information content (AvgIpc) is 2.60. The van der Waals surface area contributed by atoms with Gasteiger partial charge in [0, 0.05) is 12.2 Å². The van der Waals surface area contributed by atoms with Gasteiger partial charge in [-0.3, -0.25) is 9.05 Å². The zero-order valence-electron chi connectivity index (χ0n) is 13.1. The summed E-state index contributed by atoms with van der Waals surface area (Å²) in [6, 6.07) is 6.86. The van der Waals surface area contributed by atoms with E-state index < -0.39 is 7.82 Å². The first-order valence-electron chi connectivity index (χ1n) is 7.18. The first kappa shape index (κ1) is 17.9. The van der Waals surface area contributed by atoms with Gasteiger partial charge in [-0.1, -0.05) is 12.2 Å². The lowest BCUT2D eigenvalue weighted by Crippen LogP contribution is -2.03. The predicted octanol–water partition coefficient (Wildman–Crippen LogP) is 4.78. The minimum Gasteiger partial charge on any atom is -0.463 e. The van der Waals surface area contributed by atoms with Gasteiger partial charge in [-0.2, -0.15) is 0 Å². The third kappa shape index (κ3) is 5.05. The molecule has 0 heterocycles. The van der Waals surface area contributed by atoms with Crippen LogP contribution in [0.15, 0.2) is 73.6 Å². The highest BCUT2D eigenvalue weighted by atomic mass is 31.2. The van der Waals surface area contributed by atoms with Gasteiger partial charge in [0.25, 0.3) is 0 Å². The molecule has 2 rings (SSSR count). The molecule has 24 heavy (non-hydrogen) atoms. The maximum absolute atomic E-state index is 12.5. The van der Waals surface area contributed by atoms with E-state index in [0.29, 0.717) is 5.75 Å². The third-order valence-corrected chi connectivity index (χ3v) is 4.24. The summed E-state index contributed by atoms with van der Waals surface area (Å²) in [5, 5.41) is 9.29. The Balaban J connectivity index is 2.11. The maximum atomic E-state index is 12.5. The molecule has 1 aliphatic carbocycles. The molecule has 1 aromatic rings. The normalized spacial score (nSPS) is 13.5. The van der Waals surface area contributed by atoms with Crippen molar-refractivity contribution in [2.45, 2.75) is 0 Å². The van der Waals surface area contributed by atoms with Gasteiger partial charge in [0.15, 0.2) is 5.57 Å². The van der Waals surface area contributed by atoms with Gasteiger partial charge in [-0.15, -0.1) is 13.2 Å². The summed E-state index contributed by atoms with van der Waals surface area (Å²) in [6.45, 7) is 7.08. The van der Waals surface area contributed by atoms with Crippen LogP contribution in [0.1, 0.15) is 5.56 Å². The molecule has 1 aromatic carbocycles. The number of rotatable bonds is 9. The van der Waals surface area contributed by atoms with Crippen molar-refractivity contribution in [3.8, 4) is 5.75 Å². The Bertz CT molecular complexity index is 712. The van der Waals surface area contributed by atoms with E-state index in [9.17, 15) is 9.67 Å². The van der Waals surface area contributed by atoms with E-state index in [-0.39, 0.29) is 19.0 Å². The van der Waals surface area contributed by atoms with Crippen molar-refractivity contribution < 1.29 is 23.2 Å². The number of aliphatic hydroxyl groups is 1. The van der Waals surface area contributed by atoms with Crippen LogP contribution < -0.4 is 4.52 Å². The molecule has 124 valence electrons. The van der Waals surface area contributed by atoms with Crippen molar-refractivity contribution in [2.24, 2.45) is 0 Å². The maximum Gasteiger partial charge on any atom is 0.530 e. The molecule has 0 fully saturated rings. The Morgan fingerprint density at radius 3 is 2.21 bits per heavy atom. The van der Waals surface area contributed by atoms with E-state index in [1.807, 2.05) is 0 Å². The monoisotopic (exact) mass is 345 g/mol. The molecule has 0 spiro atoms. The van der Waals surface area contributed by atoms with Crippen molar-refractivity contribution in [1.29, 1.82) is 0 Å². The van der Waals surface area contributed by atoms with E-state index in [2.05, 4.69) is 19.2 Å². The van der Waals surface area contributed by atoms with Gasteiger partial charge < -0.3 is 9.63 Å². The van der Waals surface area contributed by atoms with E-state index in [0.717, 1.165) is 11.1 Å². The molecule has 1 N–H and O–H groups in total. The summed E-state index contributed by atoms with van der Waals surface area (Å²) < 4.78 is 28.1. The highest BCUT2D eigenvalue weighted by molar-refractivity contribution is 7.48. The number of phosphoric acid groups is 1. The van der Waals surface area contributed by atoms with E-state index in [1.54, 1.807) is 36.4 Å². The number of aliphatic hydroxyl groups excluding tert-OH is 1. The summed E-state index contributed by atoms with van der Waals surface area (Å²) in [5.74, 6) is 0.493. The number of hydrogen-bond acceptors (Lipinski definition) is 5. The highest BCUT2D eigenvalue weighted by Crippen LogP contribution is 2.49. The van der Waals surface area contributed by atoms with Gasteiger partial charge >= 0.3 is 7.82 Å². The molecule has 0 saturated carbocycles. The molecular formula is C18H18O5P+. The quantitative estimate of drug-likeness (QED) is 0.396. The molecular weight excluding hydrogens is 327 g/mol. The van der Waals surface area contributed by atoms with E-state index in [1.165, 1.54) is 18.2 Å². The Hall–Kier alpha value is -2.42. The second-order valence-electron chi connectivity index (χ2n) is 4.69. The van der Waals surface area contributed by atoms with Gasteiger partial charge in [-0.05, 0) is 24.3 Å². The first-order chi connectivity index (χ1) is 11.6. The van der Waals surface area contributed by atoms with Crippen LogP contribution in [0.2, 0.25) is 0 Å². The zero-order valence-corrected chi connectivity index (χ0v) is 13.9. The minimum atomic E-state index is -3.75. The largest absolute Gasteiger partial charge is 0.530 e. The highest BCUT2D eigenvalue weighted by Gasteiger charge is 2.28. The van der Waals surface area contributed by atoms with Gasteiger partial charge in [-0.25, -0.2) is 4.57 Å². The topological polar surface area (TPSA) is 65.0 Å². The van der Waals surface area contributed by atoms with Crippen molar-refractivity contribution >= 4 is 13.4 Å². The number of benzene rings is 1. The molecule has 0 aliphatic heterocycles. The molecule has 0 bridgehead atoms. The number of allylic oxidation sites excluding steroid dienone is 5. The van der Waals surface area contributed by atoms with Crippen molar-refractivity contribution in [1.82, 2.24) is 0 Å². The third-order valence-electron chi connectivity index (χ3n) is 2.88. The molecule has 0 saturated heterocycles. The predicted molar refractivity (Wildman–Crippen MR) is 93.5 cm³/mol. The van der Waals surface area contributed by atoms with Crippen LogP contribution in [0.3, 0.4) is 0 Å². The van der Waals surface area contributed by atoms with Crippen LogP contribution in [0.5, 0.6) is 5.75 Å². The van der Waals surface area contributed by atoms with E-state index in [4.69, 9.17) is 13.6 Å². The van der Waals surface area contributed by atoms with Crippen LogP contribution in [0.4, 0.5) is 0 Å². The fraction of sp³-hybridized carbons (Fsp3) is 0.111. The molecule has 0 atom stereocenters. The molecule has 0 unspecified atom stereocenters. The van der Waals surface area contributed by atoms with Gasteiger partial charge in [0.05, 0.1) is 24.9 Å². The minimum absolute atomic E-state index is 0.0367. The van der Waals surface area contributed by atoms with Gasteiger partial charge in [0.2, 0.25) is 5.76 Å². The van der Waals surface area contributed by atoms with Gasteiger partial charge in [0.1, 0.15) is 11.8 Å².